The molecule has 0 aromatic heterocycles. The molecule has 2 aliphatic heterocycles. The Hall–Kier alpha value is -3.84. The van der Waals surface area contributed by atoms with E-state index in [4.69, 9.17) is 14.2 Å². The predicted molar refractivity (Wildman–Crippen MR) is 144 cm³/mol. The monoisotopic (exact) mass is 515 g/mol. The minimum absolute atomic E-state index is 0.202. The Morgan fingerprint density at radius 1 is 1.00 bits per heavy atom. The zero-order chi connectivity index (χ0) is 26.9. The first-order valence-electron chi connectivity index (χ1n) is 13.0. The number of hydrogen-bond donors (Lipinski definition) is 1. The molecule has 198 valence electrons. The Balaban J connectivity index is 1.70. The van der Waals surface area contributed by atoms with Crippen molar-refractivity contribution in [1.29, 1.82) is 0 Å². The Bertz CT molecular complexity index is 1340. The van der Waals surface area contributed by atoms with Crippen molar-refractivity contribution in [3.63, 3.8) is 0 Å². The van der Waals surface area contributed by atoms with Gasteiger partial charge in [0.05, 0.1) is 24.3 Å². The molecule has 1 atom stereocenters. The van der Waals surface area contributed by atoms with Crippen LogP contribution in [0.3, 0.4) is 0 Å². The third-order valence-corrected chi connectivity index (χ3v) is 6.71. The number of carboxylic acid groups (broad SMARTS) is 1. The molecule has 0 saturated carbocycles. The van der Waals surface area contributed by atoms with Crippen molar-refractivity contribution in [2.24, 2.45) is 0 Å². The number of benzene rings is 3. The van der Waals surface area contributed by atoms with Crippen molar-refractivity contribution in [2.75, 3.05) is 19.8 Å². The molecule has 38 heavy (non-hydrogen) atoms. The van der Waals surface area contributed by atoms with Crippen LogP contribution in [0.4, 0.5) is 0 Å². The van der Waals surface area contributed by atoms with Crippen molar-refractivity contribution < 1.29 is 28.9 Å². The van der Waals surface area contributed by atoms with Crippen LogP contribution >= 0.6 is 0 Å². The number of rotatable bonds is 6. The average molecular weight is 516 g/mol. The van der Waals surface area contributed by atoms with Gasteiger partial charge < -0.3 is 24.2 Å². The van der Waals surface area contributed by atoms with Crippen LogP contribution in [-0.4, -0.2) is 47.2 Å². The lowest BCUT2D eigenvalue weighted by molar-refractivity contribution is -0.160. The van der Waals surface area contributed by atoms with Crippen LogP contribution < -0.4 is 9.47 Å². The Kier molecular flexibility index (Phi) is 7.13. The lowest BCUT2D eigenvalue weighted by atomic mass is 9.88. The Labute approximate surface area is 222 Å². The predicted octanol–water partition coefficient (Wildman–Crippen LogP) is 5.65. The van der Waals surface area contributed by atoms with Gasteiger partial charge in [0.25, 0.3) is 5.91 Å². The van der Waals surface area contributed by atoms with Crippen molar-refractivity contribution in [3.8, 4) is 22.6 Å². The maximum atomic E-state index is 14.2. The zero-order valence-corrected chi connectivity index (χ0v) is 22.0. The highest BCUT2D eigenvalue weighted by Gasteiger charge is 2.35. The number of aryl methyl sites for hydroxylation is 1. The molecule has 0 aliphatic carbocycles. The summed E-state index contributed by atoms with van der Waals surface area (Å²) in [5, 5.41) is 10.3. The lowest BCUT2D eigenvalue weighted by Gasteiger charge is -2.28. The van der Waals surface area contributed by atoms with E-state index in [1.54, 1.807) is 17.0 Å². The van der Waals surface area contributed by atoms with Gasteiger partial charge in [0.2, 0.25) is 0 Å². The van der Waals surface area contributed by atoms with Gasteiger partial charge in [-0.05, 0) is 68.5 Å². The van der Waals surface area contributed by atoms with E-state index in [-0.39, 0.29) is 5.91 Å². The summed E-state index contributed by atoms with van der Waals surface area (Å²) in [7, 11) is 0. The van der Waals surface area contributed by atoms with Gasteiger partial charge in [-0.15, -0.1) is 0 Å². The summed E-state index contributed by atoms with van der Waals surface area (Å²) in [5.41, 5.74) is 3.35. The first-order valence-corrected chi connectivity index (χ1v) is 13.0. The summed E-state index contributed by atoms with van der Waals surface area (Å²) < 4.78 is 17.9. The molecule has 1 N–H and O–H groups in total. The third kappa shape index (κ3) is 5.38. The fraction of sp³-hybridized carbons (Fsp3) is 0.355. The number of carboxylic acids is 1. The lowest BCUT2D eigenvalue weighted by Crippen LogP contribution is -2.32. The van der Waals surface area contributed by atoms with E-state index in [1.807, 2.05) is 69.3 Å². The fourth-order valence-electron chi connectivity index (χ4n) is 5.06. The second kappa shape index (κ2) is 10.5. The molecule has 5 rings (SSSR count). The normalized spacial score (nSPS) is 16.0. The van der Waals surface area contributed by atoms with Crippen LogP contribution in [0.15, 0.2) is 60.7 Å². The summed E-state index contributed by atoms with van der Waals surface area (Å²) in [6.07, 6.45) is 0.466. The molecule has 0 spiro atoms. The van der Waals surface area contributed by atoms with Crippen LogP contribution in [0.5, 0.6) is 11.5 Å². The van der Waals surface area contributed by atoms with Gasteiger partial charge in [-0.1, -0.05) is 42.5 Å². The number of aliphatic carboxylic acids is 1. The smallest absolute Gasteiger partial charge is 0.337 e. The van der Waals surface area contributed by atoms with Crippen molar-refractivity contribution >= 4 is 11.9 Å². The molecule has 1 amide bonds. The second-order valence-corrected chi connectivity index (χ2v) is 10.7. The van der Waals surface area contributed by atoms with E-state index in [9.17, 15) is 14.7 Å². The fourth-order valence-corrected chi connectivity index (χ4v) is 5.06. The summed E-state index contributed by atoms with van der Waals surface area (Å²) in [6.45, 7) is 7.29. The number of nitrogens with zero attached hydrogens (tertiary/aromatic N) is 1. The zero-order valence-electron chi connectivity index (χ0n) is 22.0. The standard InChI is InChI=1S/C31H33NO6/c1-31(2,3)38-28(30(34)35)23-12-14-25-27(26(23)22-11-13-24-21(18-22)10-7-16-36-24)29(33)32(15-17-37-25)19-20-8-5-4-6-9-20/h4-6,8-9,11-14,18,28H,7,10,15-17,19H2,1-3H3,(H,34,35). The number of ether oxygens (including phenoxy) is 3. The Morgan fingerprint density at radius 3 is 2.47 bits per heavy atom. The molecule has 3 aromatic carbocycles. The van der Waals surface area contributed by atoms with E-state index >= 15 is 0 Å². The highest BCUT2D eigenvalue weighted by atomic mass is 16.5. The summed E-state index contributed by atoms with van der Waals surface area (Å²) in [6, 6.07) is 19.0. The molecule has 7 nitrogen and oxygen atoms in total. The SMILES string of the molecule is CC(C)(C)OC(C(=O)O)c1ccc2c(c1-c1ccc3c(c1)CCCO3)C(=O)N(Cc1ccccc1)CCO2. The van der Waals surface area contributed by atoms with Gasteiger partial charge in [0.1, 0.15) is 18.1 Å². The van der Waals surface area contributed by atoms with E-state index in [1.165, 1.54) is 0 Å². The molecular formula is C31H33NO6. The van der Waals surface area contributed by atoms with Crippen LogP contribution in [0.1, 0.15) is 60.3 Å². The van der Waals surface area contributed by atoms with Gasteiger partial charge in [0, 0.05) is 17.7 Å². The molecule has 0 saturated heterocycles. The molecule has 1 unspecified atom stereocenters. The molecule has 0 fully saturated rings. The topological polar surface area (TPSA) is 85.3 Å². The van der Waals surface area contributed by atoms with Gasteiger partial charge in [-0.3, -0.25) is 4.79 Å². The summed E-state index contributed by atoms with van der Waals surface area (Å²) in [4.78, 5) is 28.5. The van der Waals surface area contributed by atoms with Crippen molar-refractivity contribution in [2.45, 2.75) is 51.9 Å². The highest BCUT2D eigenvalue weighted by molar-refractivity contribution is 6.05. The third-order valence-electron chi connectivity index (χ3n) is 6.71. The second-order valence-electron chi connectivity index (χ2n) is 10.7. The summed E-state index contributed by atoms with van der Waals surface area (Å²) >= 11 is 0. The quantitative estimate of drug-likeness (QED) is 0.456. The first kappa shape index (κ1) is 25.8. The molecule has 7 heteroatoms. The molecular weight excluding hydrogens is 482 g/mol. The number of amides is 1. The van der Waals surface area contributed by atoms with Crippen LogP contribution in [0.2, 0.25) is 0 Å². The van der Waals surface area contributed by atoms with E-state index in [0.717, 1.165) is 35.3 Å². The minimum atomic E-state index is -1.28. The van der Waals surface area contributed by atoms with E-state index < -0.39 is 17.7 Å². The number of carbonyl (C=O) groups is 2. The van der Waals surface area contributed by atoms with Gasteiger partial charge in [0.15, 0.2) is 6.10 Å². The van der Waals surface area contributed by atoms with Gasteiger partial charge in [-0.25, -0.2) is 4.79 Å². The first-order chi connectivity index (χ1) is 18.2. The van der Waals surface area contributed by atoms with E-state index in [2.05, 4.69) is 0 Å². The molecule has 0 radical (unpaired) electrons. The van der Waals surface area contributed by atoms with Crippen molar-refractivity contribution in [1.82, 2.24) is 4.90 Å². The summed E-state index contributed by atoms with van der Waals surface area (Å²) in [5.74, 6) is -0.0617. The minimum Gasteiger partial charge on any atom is -0.493 e. The van der Waals surface area contributed by atoms with Gasteiger partial charge >= 0.3 is 5.97 Å². The van der Waals surface area contributed by atoms with Crippen LogP contribution in [-0.2, 0) is 22.5 Å². The Morgan fingerprint density at radius 2 is 1.74 bits per heavy atom. The van der Waals surface area contributed by atoms with Crippen molar-refractivity contribution in [3.05, 3.63) is 82.9 Å². The molecule has 3 aromatic rings. The molecule has 2 aliphatic rings. The number of hydrogen-bond acceptors (Lipinski definition) is 5. The maximum Gasteiger partial charge on any atom is 0.337 e. The maximum absolute atomic E-state index is 14.2. The molecule has 0 bridgehead atoms. The highest BCUT2D eigenvalue weighted by Crippen LogP contribution is 2.42. The van der Waals surface area contributed by atoms with E-state index in [0.29, 0.717) is 48.7 Å². The number of fused-ring (bicyclic) bond motifs is 2. The van der Waals surface area contributed by atoms with Gasteiger partial charge in [-0.2, -0.15) is 0 Å². The molecule has 2 heterocycles. The average Bonchev–Trinajstić information content (AvgIpc) is 3.05. The van der Waals surface area contributed by atoms with Crippen LogP contribution in [0.25, 0.3) is 11.1 Å². The number of carbonyl (C=O) groups excluding carboxylic acids is 1. The van der Waals surface area contributed by atoms with Crippen LogP contribution in [0, 0.1) is 0 Å². The largest absolute Gasteiger partial charge is 0.493 e.